The van der Waals surface area contributed by atoms with Gasteiger partial charge in [-0.3, -0.25) is 0 Å². The second kappa shape index (κ2) is 2.99. The molecule has 2 aromatic rings. The molecule has 0 amide bonds. The van der Waals surface area contributed by atoms with E-state index in [1.54, 1.807) is 0 Å². The summed E-state index contributed by atoms with van der Waals surface area (Å²) in [6.45, 7) is 3.05. The van der Waals surface area contributed by atoms with Crippen LogP contribution in [-0.4, -0.2) is 6.61 Å². The van der Waals surface area contributed by atoms with E-state index >= 15 is 0 Å². The van der Waals surface area contributed by atoms with E-state index in [-0.39, 0.29) is 0 Å². The molecular formula is C12H12OS. The highest BCUT2D eigenvalue weighted by Gasteiger charge is 2.14. The third-order valence-electron chi connectivity index (χ3n) is 2.70. The van der Waals surface area contributed by atoms with E-state index in [4.69, 9.17) is 4.74 Å². The maximum atomic E-state index is 5.65. The molecule has 3 rings (SSSR count). The van der Waals surface area contributed by atoms with E-state index in [0.717, 1.165) is 18.8 Å². The van der Waals surface area contributed by atoms with Crippen LogP contribution in [0.3, 0.4) is 0 Å². The van der Waals surface area contributed by atoms with Crippen molar-refractivity contribution >= 4 is 21.4 Å². The number of ether oxygens (including phenoxy) is 1. The Kier molecular flexibility index (Phi) is 1.77. The molecule has 0 aliphatic carbocycles. The first kappa shape index (κ1) is 8.30. The zero-order valence-electron chi connectivity index (χ0n) is 8.17. The minimum Gasteiger partial charge on any atom is -0.493 e. The van der Waals surface area contributed by atoms with Crippen LogP contribution >= 0.6 is 11.3 Å². The molecule has 1 aliphatic rings. The lowest BCUT2D eigenvalue weighted by molar-refractivity contribution is 0.289. The predicted octanol–water partition coefficient (Wildman–Crippen LogP) is 3.53. The Morgan fingerprint density at radius 3 is 3.21 bits per heavy atom. The molecule has 0 saturated heterocycles. The summed E-state index contributed by atoms with van der Waals surface area (Å²) in [6, 6.07) is 6.54. The lowest BCUT2D eigenvalue weighted by atomic mass is 10.0. The number of fused-ring (bicyclic) bond motifs is 3. The van der Waals surface area contributed by atoms with Crippen molar-refractivity contribution < 1.29 is 4.74 Å². The van der Waals surface area contributed by atoms with Crippen LogP contribution in [-0.2, 0) is 6.42 Å². The Balaban J connectivity index is 2.33. The van der Waals surface area contributed by atoms with Crippen LogP contribution in [0.5, 0.6) is 5.75 Å². The molecule has 1 nitrogen and oxygen atoms in total. The molecule has 2 heterocycles. The quantitative estimate of drug-likeness (QED) is 0.638. The van der Waals surface area contributed by atoms with Gasteiger partial charge in [0.25, 0.3) is 0 Å². The van der Waals surface area contributed by atoms with E-state index in [1.807, 2.05) is 11.3 Å². The second-order valence-electron chi connectivity index (χ2n) is 3.77. The molecule has 0 radical (unpaired) electrons. The van der Waals surface area contributed by atoms with Gasteiger partial charge in [0.1, 0.15) is 5.75 Å². The van der Waals surface area contributed by atoms with Crippen LogP contribution in [0.25, 0.3) is 10.1 Å². The van der Waals surface area contributed by atoms with Gasteiger partial charge in [0.15, 0.2) is 0 Å². The number of thiophene rings is 1. The molecule has 1 aliphatic heterocycles. The van der Waals surface area contributed by atoms with Crippen LogP contribution in [0.15, 0.2) is 18.2 Å². The van der Waals surface area contributed by atoms with Gasteiger partial charge in [0.05, 0.1) is 6.61 Å². The van der Waals surface area contributed by atoms with Crippen molar-refractivity contribution in [1.82, 2.24) is 0 Å². The zero-order chi connectivity index (χ0) is 9.54. The molecule has 0 unspecified atom stereocenters. The molecule has 0 saturated carbocycles. The van der Waals surface area contributed by atoms with Crippen molar-refractivity contribution in [2.75, 3.05) is 6.61 Å². The van der Waals surface area contributed by atoms with Gasteiger partial charge in [-0.25, -0.2) is 0 Å². The highest BCUT2D eigenvalue weighted by Crippen LogP contribution is 2.36. The van der Waals surface area contributed by atoms with Crippen molar-refractivity contribution in [3.63, 3.8) is 0 Å². The van der Waals surface area contributed by atoms with E-state index in [9.17, 15) is 0 Å². The SMILES string of the molecule is Cc1cc2ccc3c(c2s1)CCCO3. The smallest absolute Gasteiger partial charge is 0.123 e. The third kappa shape index (κ3) is 1.14. The van der Waals surface area contributed by atoms with Crippen LogP contribution < -0.4 is 4.74 Å². The summed E-state index contributed by atoms with van der Waals surface area (Å²) in [5.41, 5.74) is 1.42. The average Bonchev–Trinajstić information content (AvgIpc) is 2.59. The summed E-state index contributed by atoms with van der Waals surface area (Å²) in [7, 11) is 0. The lowest BCUT2D eigenvalue weighted by Gasteiger charge is -2.17. The summed E-state index contributed by atoms with van der Waals surface area (Å²) in [6.07, 6.45) is 2.33. The predicted molar refractivity (Wildman–Crippen MR) is 60.4 cm³/mol. The Morgan fingerprint density at radius 2 is 2.29 bits per heavy atom. The molecule has 0 fully saturated rings. The van der Waals surface area contributed by atoms with Crippen molar-refractivity contribution in [1.29, 1.82) is 0 Å². The standard InChI is InChI=1S/C12H12OS/c1-8-7-9-4-5-11-10(12(9)14-8)3-2-6-13-11/h4-5,7H,2-3,6H2,1H3. The summed E-state index contributed by atoms with van der Waals surface area (Å²) < 4.78 is 7.08. The molecule has 72 valence electrons. The number of hydrogen-bond acceptors (Lipinski definition) is 2. The van der Waals surface area contributed by atoms with Crippen LogP contribution in [0.4, 0.5) is 0 Å². The van der Waals surface area contributed by atoms with Crippen LogP contribution in [0, 0.1) is 6.92 Å². The number of rotatable bonds is 0. The monoisotopic (exact) mass is 204 g/mol. The van der Waals surface area contributed by atoms with E-state index in [2.05, 4.69) is 25.1 Å². The number of benzene rings is 1. The topological polar surface area (TPSA) is 9.23 Å². The molecule has 0 bridgehead atoms. The van der Waals surface area contributed by atoms with E-state index < -0.39 is 0 Å². The largest absolute Gasteiger partial charge is 0.493 e. The summed E-state index contributed by atoms with van der Waals surface area (Å²) in [5, 5.41) is 1.37. The third-order valence-corrected chi connectivity index (χ3v) is 3.82. The first-order valence-electron chi connectivity index (χ1n) is 4.99. The van der Waals surface area contributed by atoms with Gasteiger partial charge in [0.2, 0.25) is 0 Å². The summed E-state index contributed by atoms with van der Waals surface area (Å²) in [5.74, 6) is 1.10. The fraction of sp³-hybridized carbons (Fsp3) is 0.333. The van der Waals surface area contributed by atoms with Gasteiger partial charge in [-0.2, -0.15) is 0 Å². The highest BCUT2D eigenvalue weighted by atomic mass is 32.1. The Bertz CT molecular complexity index is 484. The fourth-order valence-corrected chi connectivity index (χ4v) is 3.15. The minimum absolute atomic E-state index is 0.878. The minimum atomic E-state index is 0.878. The van der Waals surface area contributed by atoms with Crippen LogP contribution in [0.1, 0.15) is 16.9 Å². The molecule has 0 spiro atoms. The molecule has 0 atom stereocenters. The van der Waals surface area contributed by atoms with Crippen LogP contribution in [0.2, 0.25) is 0 Å². The summed E-state index contributed by atoms with van der Waals surface area (Å²) in [4.78, 5) is 1.39. The normalized spacial score (nSPS) is 15.2. The molecule has 1 aromatic heterocycles. The molecular weight excluding hydrogens is 192 g/mol. The first-order chi connectivity index (χ1) is 6.84. The maximum absolute atomic E-state index is 5.65. The fourth-order valence-electron chi connectivity index (χ4n) is 2.07. The van der Waals surface area contributed by atoms with Crippen molar-refractivity contribution in [2.24, 2.45) is 0 Å². The van der Waals surface area contributed by atoms with E-state index in [1.165, 1.54) is 26.9 Å². The second-order valence-corrected chi connectivity index (χ2v) is 5.03. The van der Waals surface area contributed by atoms with Gasteiger partial charge < -0.3 is 4.74 Å². The van der Waals surface area contributed by atoms with E-state index in [0.29, 0.717) is 0 Å². The first-order valence-corrected chi connectivity index (χ1v) is 5.81. The molecule has 0 N–H and O–H groups in total. The summed E-state index contributed by atoms with van der Waals surface area (Å²) >= 11 is 1.89. The van der Waals surface area contributed by atoms with Gasteiger partial charge in [0, 0.05) is 15.1 Å². The number of aryl methyl sites for hydroxylation is 2. The Hall–Kier alpha value is -1.02. The zero-order valence-corrected chi connectivity index (χ0v) is 8.99. The Morgan fingerprint density at radius 1 is 1.36 bits per heavy atom. The van der Waals surface area contributed by atoms with Gasteiger partial charge in [-0.15, -0.1) is 11.3 Å². The van der Waals surface area contributed by atoms with Gasteiger partial charge in [-0.05, 0) is 43.4 Å². The maximum Gasteiger partial charge on any atom is 0.123 e. The Labute approximate surface area is 87.3 Å². The van der Waals surface area contributed by atoms with Crippen molar-refractivity contribution in [2.45, 2.75) is 19.8 Å². The van der Waals surface area contributed by atoms with Gasteiger partial charge >= 0.3 is 0 Å². The molecule has 14 heavy (non-hydrogen) atoms. The van der Waals surface area contributed by atoms with Crippen molar-refractivity contribution in [3.8, 4) is 5.75 Å². The molecule has 2 heteroatoms. The highest BCUT2D eigenvalue weighted by molar-refractivity contribution is 7.19. The van der Waals surface area contributed by atoms with Crippen molar-refractivity contribution in [3.05, 3.63) is 28.6 Å². The molecule has 1 aromatic carbocycles. The number of hydrogen-bond donors (Lipinski definition) is 0. The van der Waals surface area contributed by atoms with Gasteiger partial charge in [-0.1, -0.05) is 0 Å². The average molecular weight is 204 g/mol. The lowest BCUT2D eigenvalue weighted by Crippen LogP contribution is -2.07.